The molecule has 72 valence electrons. The van der Waals surface area contributed by atoms with Crippen LogP contribution in [-0.4, -0.2) is 9.97 Å². The van der Waals surface area contributed by atoms with Crippen LogP contribution in [0.4, 0.5) is 0 Å². The Kier molecular flexibility index (Phi) is 5.36. The van der Waals surface area contributed by atoms with Crippen LogP contribution in [0.1, 0.15) is 5.69 Å². The van der Waals surface area contributed by atoms with Gasteiger partial charge in [-0.25, -0.2) is 0 Å². The van der Waals surface area contributed by atoms with Crippen molar-refractivity contribution in [1.29, 1.82) is 0 Å². The molecule has 0 saturated carbocycles. The molecule has 3 heteroatoms. The Hall–Kier alpha value is -1.41. The zero-order valence-corrected chi connectivity index (χ0v) is 8.43. The van der Waals surface area contributed by atoms with Gasteiger partial charge in [-0.05, 0) is 24.3 Å². The van der Waals surface area contributed by atoms with Crippen LogP contribution in [0.3, 0.4) is 0 Å². The maximum atomic E-state index is 5.46. The lowest BCUT2D eigenvalue weighted by atomic mass is 10.4. The highest BCUT2D eigenvalue weighted by atomic mass is 35.5. The molecule has 0 amide bonds. The van der Waals surface area contributed by atoms with E-state index in [1.54, 1.807) is 18.6 Å². The first-order valence-corrected chi connectivity index (χ1v) is 4.78. The first kappa shape index (κ1) is 10.7. The van der Waals surface area contributed by atoms with Crippen molar-refractivity contribution in [1.82, 2.24) is 9.97 Å². The van der Waals surface area contributed by atoms with Gasteiger partial charge >= 0.3 is 0 Å². The smallest absolute Gasteiger partial charge is 0.0647 e. The molecule has 0 aliphatic rings. The van der Waals surface area contributed by atoms with Crippen LogP contribution < -0.4 is 0 Å². The molecule has 0 aromatic carbocycles. The van der Waals surface area contributed by atoms with Gasteiger partial charge in [0.1, 0.15) is 0 Å². The molecule has 0 fully saturated rings. The lowest BCUT2D eigenvalue weighted by Gasteiger charge is -1.87. The van der Waals surface area contributed by atoms with Gasteiger partial charge in [-0.15, -0.1) is 11.6 Å². The summed E-state index contributed by atoms with van der Waals surface area (Å²) < 4.78 is 0. The van der Waals surface area contributed by atoms with E-state index in [4.69, 9.17) is 11.6 Å². The van der Waals surface area contributed by atoms with Gasteiger partial charge in [0.15, 0.2) is 0 Å². The number of nitrogens with zero attached hydrogens (tertiary/aromatic N) is 2. The topological polar surface area (TPSA) is 25.8 Å². The summed E-state index contributed by atoms with van der Waals surface area (Å²) in [6.07, 6.45) is 5.23. The van der Waals surface area contributed by atoms with Gasteiger partial charge < -0.3 is 0 Å². The summed E-state index contributed by atoms with van der Waals surface area (Å²) in [4.78, 5) is 7.75. The standard InChI is InChI=1S/C6H6ClN.C5H5N/c7-5-6-3-1-2-4-8-6;1-2-4-6-5-3-1/h1-4H,5H2;1-5H. The number of halogens is 1. The minimum absolute atomic E-state index is 0.501. The maximum absolute atomic E-state index is 5.46. The zero-order chi connectivity index (χ0) is 10.1. The summed E-state index contributed by atoms with van der Waals surface area (Å²) in [7, 11) is 0. The molecule has 2 heterocycles. The molecule has 0 radical (unpaired) electrons. The molecule has 0 aliphatic carbocycles. The second-order valence-electron chi connectivity index (χ2n) is 2.48. The second kappa shape index (κ2) is 7.04. The summed E-state index contributed by atoms with van der Waals surface area (Å²) in [6.45, 7) is 0. The molecule has 14 heavy (non-hydrogen) atoms. The predicted octanol–water partition coefficient (Wildman–Crippen LogP) is 2.90. The number of pyridine rings is 2. The number of aromatic nitrogens is 2. The van der Waals surface area contributed by atoms with Gasteiger partial charge in [0, 0.05) is 18.6 Å². The number of hydrogen-bond donors (Lipinski definition) is 0. The van der Waals surface area contributed by atoms with Crippen molar-refractivity contribution in [2.75, 3.05) is 0 Å². The van der Waals surface area contributed by atoms with Crippen LogP contribution in [0.5, 0.6) is 0 Å². The molecule has 0 aliphatic heterocycles. The average molecular weight is 207 g/mol. The molecular weight excluding hydrogens is 196 g/mol. The summed E-state index contributed by atoms with van der Waals surface area (Å²) in [5, 5.41) is 0. The van der Waals surface area contributed by atoms with E-state index in [1.165, 1.54) is 0 Å². The zero-order valence-electron chi connectivity index (χ0n) is 7.68. The lowest BCUT2D eigenvalue weighted by Crippen LogP contribution is -1.79. The average Bonchev–Trinajstić information content (AvgIpc) is 2.33. The Bertz CT molecular complexity index is 297. The highest BCUT2D eigenvalue weighted by Crippen LogP contribution is 1.95. The van der Waals surface area contributed by atoms with Gasteiger partial charge in [0.05, 0.1) is 11.6 Å². The molecule has 0 saturated heterocycles. The summed E-state index contributed by atoms with van der Waals surface area (Å²) in [6, 6.07) is 11.4. The predicted molar refractivity (Wildman–Crippen MR) is 58.0 cm³/mol. The molecule has 2 aromatic rings. The molecule has 0 N–H and O–H groups in total. The summed E-state index contributed by atoms with van der Waals surface area (Å²) in [5.41, 5.74) is 0.925. The fourth-order valence-corrected chi connectivity index (χ4v) is 0.948. The van der Waals surface area contributed by atoms with E-state index in [0.717, 1.165) is 5.69 Å². The normalized spacial score (nSPS) is 8.64. The quantitative estimate of drug-likeness (QED) is 0.671. The third-order valence-corrected chi connectivity index (χ3v) is 1.70. The monoisotopic (exact) mass is 206 g/mol. The first-order valence-electron chi connectivity index (χ1n) is 4.24. The van der Waals surface area contributed by atoms with Gasteiger partial charge in [0.25, 0.3) is 0 Å². The molecule has 2 aromatic heterocycles. The van der Waals surface area contributed by atoms with E-state index in [9.17, 15) is 0 Å². The molecule has 0 unspecified atom stereocenters. The minimum Gasteiger partial charge on any atom is -0.265 e. The van der Waals surface area contributed by atoms with E-state index >= 15 is 0 Å². The van der Waals surface area contributed by atoms with Gasteiger partial charge in [-0.1, -0.05) is 12.1 Å². The van der Waals surface area contributed by atoms with Gasteiger partial charge in [0.2, 0.25) is 0 Å². The van der Waals surface area contributed by atoms with Gasteiger partial charge in [-0.2, -0.15) is 0 Å². The molecule has 0 atom stereocenters. The Morgan fingerprint density at radius 2 is 1.64 bits per heavy atom. The van der Waals surface area contributed by atoms with Crippen LogP contribution in [0, 0.1) is 0 Å². The van der Waals surface area contributed by atoms with Crippen molar-refractivity contribution < 1.29 is 0 Å². The Labute approximate surface area is 88.6 Å². The van der Waals surface area contributed by atoms with E-state index in [-0.39, 0.29) is 0 Å². The highest BCUT2D eigenvalue weighted by Gasteiger charge is 1.83. The Morgan fingerprint density at radius 3 is 1.93 bits per heavy atom. The van der Waals surface area contributed by atoms with Crippen LogP contribution in [-0.2, 0) is 5.88 Å². The van der Waals surface area contributed by atoms with Gasteiger partial charge in [-0.3, -0.25) is 9.97 Å². The minimum atomic E-state index is 0.501. The van der Waals surface area contributed by atoms with Crippen molar-refractivity contribution in [2.24, 2.45) is 0 Å². The third kappa shape index (κ3) is 4.58. The fraction of sp³-hybridized carbons (Fsp3) is 0.0909. The Balaban J connectivity index is 0.000000146. The van der Waals surface area contributed by atoms with E-state index < -0.39 is 0 Å². The maximum Gasteiger partial charge on any atom is 0.0647 e. The third-order valence-electron chi connectivity index (χ3n) is 1.43. The number of rotatable bonds is 1. The highest BCUT2D eigenvalue weighted by molar-refractivity contribution is 6.16. The molecule has 2 rings (SSSR count). The first-order chi connectivity index (χ1) is 6.93. The number of alkyl halides is 1. The molecular formula is C11H11ClN2. The SMILES string of the molecule is ClCc1ccccn1.c1ccncc1. The molecule has 2 nitrogen and oxygen atoms in total. The lowest BCUT2D eigenvalue weighted by molar-refractivity contribution is 1.17. The van der Waals surface area contributed by atoms with Crippen molar-refractivity contribution in [3.8, 4) is 0 Å². The fourth-order valence-electron chi connectivity index (χ4n) is 0.790. The van der Waals surface area contributed by atoms with Crippen molar-refractivity contribution in [2.45, 2.75) is 5.88 Å². The van der Waals surface area contributed by atoms with E-state index in [1.807, 2.05) is 36.4 Å². The van der Waals surface area contributed by atoms with E-state index in [2.05, 4.69) is 9.97 Å². The van der Waals surface area contributed by atoms with Crippen LogP contribution >= 0.6 is 11.6 Å². The van der Waals surface area contributed by atoms with Crippen molar-refractivity contribution in [3.05, 3.63) is 60.7 Å². The second-order valence-corrected chi connectivity index (χ2v) is 2.75. The molecule has 0 bridgehead atoms. The summed E-state index contributed by atoms with van der Waals surface area (Å²) >= 11 is 5.46. The Morgan fingerprint density at radius 1 is 0.929 bits per heavy atom. The largest absolute Gasteiger partial charge is 0.265 e. The van der Waals surface area contributed by atoms with Crippen molar-refractivity contribution in [3.63, 3.8) is 0 Å². The van der Waals surface area contributed by atoms with E-state index in [0.29, 0.717) is 5.88 Å². The van der Waals surface area contributed by atoms with Crippen LogP contribution in [0.2, 0.25) is 0 Å². The number of hydrogen-bond acceptors (Lipinski definition) is 2. The van der Waals surface area contributed by atoms with Crippen LogP contribution in [0.15, 0.2) is 55.0 Å². The molecule has 0 spiro atoms. The van der Waals surface area contributed by atoms with Crippen LogP contribution in [0.25, 0.3) is 0 Å². The summed E-state index contributed by atoms with van der Waals surface area (Å²) in [5.74, 6) is 0.501. The van der Waals surface area contributed by atoms with Crippen molar-refractivity contribution >= 4 is 11.6 Å².